The molecule has 0 aliphatic carbocycles. The largest absolute Gasteiger partial charge is 0.444 e. The number of halogens is 3. The Morgan fingerprint density at radius 2 is 2.04 bits per heavy atom. The number of nitrogens with one attached hydrogen (secondary N) is 1. The molecule has 1 N–H and O–H groups in total. The molecule has 1 unspecified atom stereocenters. The number of alkyl halides is 3. The van der Waals surface area contributed by atoms with E-state index in [4.69, 9.17) is 4.74 Å². The summed E-state index contributed by atoms with van der Waals surface area (Å²) in [7, 11) is 0. The molecule has 1 fully saturated rings. The molecule has 1 amide bonds. The average molecular weight is 345 g/mol. The van der Waals surface area contributed by atoms with E-state index in [0.29, 0.717) is 18.9 Å². The maximum Gasteiger partial charge on any atom is 0.417 e. The van der Waals surface area contributed by atoms with Crippen LogP contribution in [-0.2, 0) is 10.9 Å². The van der Waals surface area contributed by atoms with Crippen molar-refractivity contribution in [3.8, 4) is 0 Å². The Morgan fingerprint density at radius 3 is 2.58 bits per heavy atom. The molecule has 0 aromatic carbocycles. The van der Waals surface area contributed by atoms with Crippen molar-refractivity contribution in [1.82, 2.24) is 10.3 Å². The fraction of sp³-hybridized carbons (Fsp3) is 0.625. The van der Waals surface area contributed by atoms with Crippen molar-refractivity contribution in [3.05, 3.63) is 23.9 Å². The Morgan fingerprint density at radius 1 is 1.33 bits per heavy atom. The van der Waals surface area contributed by atoms with E-state index in [1.54, 1.807) is 20.8 Å². The van der Waals surface area contributed by atoms with Crippen LogP contribution in [0.2, 0.25) is 0 Å². The fourth-order valence-corrected chi connectivity index (χ4v) is 2.52. The van der Waals surface area contributed by atoms with Crippen molar-refractivity contribution in [2.24, 2.45) is 0 Å². The average Bonchev–Trinajstić information content (AvgIpc) is 2.44. The number of nitrogens with zero attached hydrogens (tertiary/aromatic N) is 2. The molecule has 8 heteroatoms. The van der Waals surface area contributed by atoms with Gasteiger partial charge in [0.2, 0.25) is 0 Å². The lowest BCUT2D eigenvalue weighted by atomic mass is 10.1. The number of alkyl carbamates (subject to hydrolysis) is 1. The first-order valence-corrected chi connectivity index (χ1v) is 7.82. The van der Waals surface area contributed by atoms with Gasteiger partial charge in [-0.1, -0.05) is 0 Å². The van der Waals surface area contributed by atoms with Gasteiger partial charge in [0.25, 0.3) is 0 Å². The number of aromatic nitrogens is 1. The number of pyridine rings is 1. The zero-order valence-electron chi connectivity index (χ0n) is 14.0. The maximum absolute atomic E-state index is 12.6. The highest BCUT2D eigenvalue weighted by atomic mass is 19.4. The van der Waals surface area contributed by atoms with Gasteiger partial charge in [-0.2, -0.15) is 13.2 Å². The predicted molar refractivity (Wildman–Crippen MR) is 83.8 cm³/mol. The summed E-state index contributed by atoms with van der Waals surface area (Å²) in [5.74, 6) is 0.471. The number of ether oxygens (including phenoxy) is 1. The molecule has 0 radical (unpaired) electrons. The molecular weight excluding hydrogens is 323 g/mol. The summed E-state index contributed by atoms with van der Waals surface area (Å²) in [4.78, 5) is 17.6. The normalized spacial score (nSPS) is 19.1. The van der Waals surface area contributed by atoms with Crippen LogP contribution in [0, 0.1) is 0 Å². The van der Waals surface area contributed by atoms with Gasteiger partial charge in [-0.05, 0) is 45.7 Å². The molecule has 0 bridgehead atoms. The number of carbonyl (C=O) groups excluding carboxylic acids is 1. The minimum absolute atomic E-state index is 0.127. The first-order valence-electron chi connectivity index (χ1n) is 7.82. The van der Waals surface area contributed by atoms with E-state index in [-0.39, 0.29) is 6.04 Å². The highest BCUT2D eigenvalue weighted by Crippen LogP contribution is 2.29. The van der Waals surface area contributed by atoms with Crippen molar-refractivity contribution in [1.29, 1.82) is 0 Å². The first-order chi connectivity index (χ1) is 11.0. The van der Waals surface area contributed by atoms with Crippen molar-refractivity contribution in [2.75, 3.05) is 18.0 Å². The van der Waals surface area contributed by atoms with Gasteiger partial charge in [0, 0.05) is 25.3 Å². The Balaban J connectivity index is 1.96. The van der Waals surface area contributed by atoms with Crippen LogP contribution >= 0.6 is 0 Å². The Kier molecular flexibility index (Phi) is 5.25. The quantitative estimate of drug-likeness (QED) is 0.890. The molecule has 1 aromatic heterocycles. The van der Waals surface area contributed by atoms with Crippen molar-refractivity contribution in [2.45, 2.75) is 51.4 Å². The zero-order chi connectivity index (χ0) is 18.0. The molecular formula is C16H22F3N3O2. The summed E-state index contributed by atoms with van der Waals surface area (Å²) in [5.41, 5.74) is -1.35. The second-order valence-electron chi connectivity index (χ2n) is 6.83. The molecule has 24 heavy (non-hydrogen) atoms. The van der Waals surface area contributed by atoms with E-state index in [0.717, 1.165) is 25.1 Å². The summed E-state index contributed by atoms with van der Waals surface area (Å²) < 4.78 is 43.0. The molecule has 1 aliphatic rings. The van der Waals surface area contributed by atoms with Crippen LogP contribution in [0.3, 0.4) is 0 Å². The van der Waals surface area contributed by atoms with Gasteiger partial charge in [-0.15, -0.1) is 0 Å². The van der Waals surface area contributed by atoms with E-state index < -0.39 is 23.4 Å². The van der Waals surface area contributed by atoms with Crippen LogP contribution in [0.15, 0.2) is 18.3 Å². The number of amides is 1. The summed E-state index contributed by atoms with van der Waals surface area (Å²) in [6.07, 6.45) is -2.46. The first kappa shape index (κ1) is 18.4. The van der Waals surface area contributed by atoms with Crippen molar-refractivity contribution in [3.63, 3.8) is 0 Å². The fourth-order valence-electron chi connectivity index (χ4n) is 2.52. The third-order valence-electron chi connectivity index (χ3n) is 3.54. The lowest BCUT2D eigenvalue weighted by Gasteiger charge is -2.34. The number of hydrogen-bond acceptors (Lipinski definition) is 4. The lowest BCUT2D eigenvalue weighted by molar-refractivity contribution is -0.137. The number of piperidine rings is 1. The number of anilines is 1. The number of rotatable bonds is 2. The zero-order valence-corrected chi connectivity index (χ0v) is 14.0. The van der Waals surface area contributed by atoms with Gasteiger partial charge >= 0.3 is 12.3 Å². The highest BCUT2D eigenvalue weighted by molar-refractivity contribution is 5.68. The van der Waals surface area contributed by atoms with E-state index in [1.807, 2.05) is 4.90 Å². The SMILES string of the molecule is CC(C)(C)OC(=O)NC1CCCN(c2ccc(C(F)(F)F)cn2)C1. The third kappa shape index (κ3) is 5.28. The van der Waals surface area contributed by atoms with Crippen LogP contribution in [0.4, 0.5) is 23.8 Å². The van der Waals surface area contributed by atoms with Gasteiger partial charge in [0.15, 0.2) is 0 Å². The molecule has 5 nitrogen and oxygen atoms in total. The van der Waals surface area contributed by atoms with Crippen LogP contribution in [0.5, 0.6) is 0 Å². The summed E-state index contributed by atoms with van der Waals surface area (Å²) in [6, 6.07) is 2.25. The van der Waals surface area contributed by atoms with Crippen LogP contribution < -0.4 is 10.2 Å². The van der Waals surface area contributed by atoms with Crippen molar-refractivity contribution >= 4 is 11.9 Å². The Bertz CT molecular complexity index is 567. The number of hydrogen-bond donors (Lipinski definition) is 1. The van der Waals surface area contributed by atoms with Crippen LogP contribution in [0.1, 0.15) is 39.2 Å². The van der Waals surface area contributed by atoms with Gasteiger partial charge in [0.05, 0.1) is 5.56 Å². The molecule has 1 aromatic rings. The molecule has 0 saturated carbocycles. The molecule has 0 spiro atoms. The van der Waals surface area contributed by atoms with Gasteiger partial charge in [-0.25, -0.2) is 9.78 Å². The topological polar surface area (TPSA) is 54.5 Å². The van der Waals surface area contributed by atoms with E-state index >= 15 is 0 Å². The standard InChI is InChI=1S/C16H22F3N3O2/c1-15(2,3)24-14(23)21-12-5-4-8-22(10-12)13-7-6-11(9-20-13)16(17,18)19/h6-7,9,12H,4-5,8,10H2,1-3H3,(H,21,23). The van der Waals surface area contributed by atoms with Gasteiger partial charge in [-0.3, -0.25) is 0 Å². The predicted octanol–water partition coefficient (Wildman–Crippen LogP) is 3.59. The Labute approximate surface area is 139 Å². The van der Waals surface area contributed by atoms with E-state index in [9.17, 15) is 18.0 Å². The number of carbonyl (C=O) groups is 1. The van der Waals surface area contributed by atoms with Gasteiger partial charge < -0.3 is 15.0 Å². The maximum atomic E-state index is 12.6. The summed E-state index contributed by atoms with van der Waals surface area (Å²) in [5, 5.41) is 2.80. The minimum Gasteiger partial charge on any atom is -0.444 e. The smallest absolute Gasteiger partial charge is 0.417 e. The molecule has 134 valence electrons. The Hall–Kier alpha value is -1.99. The third-order valence-corrected chi connectivity index (χ3v) is 3.54. The second-order valence-corrected chi connectivity index (χ2v) is 6.83. The monoisotopic (exact) mass is 345 g/mol. The van der Waals surface area contributed by atoms with E-state index in [1.165, 1.54) is 6.07 Å². The molecule has 1 aliphatic heterocycles. The molecule has 2 heterocycles. The summed E-state index contributed by atoms with van der Waals surface area (Å²) in [6.45, 7) is 6.52. The summed E-state index contributed by atoms with van der Waals surface area (Å²) >= 11 is 0. The van der Waals surface area contributed by atoms with Crippen molar-refractivity contribution < 1.29 is 22.7 Å². The molecule has 1 atom stereocenters. The van der Waals surface area contributed by atoms with Crippen LogP contribution in [0.25, 0.3) is 0 Å². The lowest BCUT2D eigenvalue weighted by Crippen LogP contribution is -2.49. The minimum atomic E-state index is -4.39. The van der Waals surface area contributed by atoms with Crippen LogP contribution in [-0.4, -0.2) is 35.8 Å². The van der Waals surface area contributed by atoms with Gasteiger partial charge in [0.1, 0.15) is 11.4 Å². The van der Waals surface area contributed by atoms with E-state index in [2.05, 4.69) is 10.3 Å². The molecule has 2 rings (SSSR count). The highest BCUT2D eigenvalue weighted by Gasteiger charge is 2.31. The molecule has 1 saturated heterocycles. The second kappa shape index (κ2) is 6.86.